The summed E-state index contributed by atoms with van der Waals surface area (Å²) in [4.78, 5) is 12.0. The first kappa shape index (κ1) is 16.8. The van der Waals surface area contributed by atoms with Crippen LogP contribution in [-0.2, 0) is 9.05 Å². The predicted octanol–water partition coefficient (Wildman–Crippen LogP) is 3.69. The summed E-state index contributed by atoms with van der Waals surface area (Å²) in [6, 6.07) is 4.37. The number of carbonyl (C=O) groups excluding carboxylic acids is 1. The van der Waals surface area contributed by atoms with E-state index in [1.807, 2.05) is 0 Å². The molecule has 1 aliphatic rings. The average molecular weight is 395 g/mol. The number of halogens is 2. The molecule has 21 heavy (non-hydrogen) atoms. The van der Waals surface area contributed by atoms with Gasteiger partial charge in [-0.1, -0.05) is 25.7 Å². The molecule has 0 bridgehead atoms. The van der Waals surface area contributed by atoms with Gasteiger partial charge in [-0.3, -0.25) is 4.79 Å². The fraction of sp³-hybridized carbons (Fsp3) is 0.500. The summed E-state index contributed by atoms with van der Waals surface area (Å²) in [7, 11) is 1.46. The summed E-state index contributed by atoms with van der Waals surface area (Å²) in [5.74, 6) is 0.427. The molecule has 0 aliphatic heterocycles. The molecule has 1 aromatic carbocycles. The van der Waals surface area contributed by atoms with Crippen LogP contribution in [0.4, 0.5) is 0 Å². The Labute approximate surface area is 137 Å². The molecule has 1 N–H and O–H groups in total. The molecular formula is C14H17BrClNO3S. The molecule has 116 valence electrons. The van der Waals surface area contributed by atoms with Crippen LogP contribution >= 0.6 is 26.6 Å². The van der Waals surface area contributed by atoms with Crippen molar-refractivity contribution in [3.05, 3.63) is 28.2 Å². The van der Waals surface area contributed by atoms with Gasteiger partial charge >= 0.3 is 0 Å². The van der Waals surface area contributed by atoms with Crippen molar-refractivity contribution in [2.45, 2.75) is 37.0 Å². The Kier molecular flexibility index (Phi) is 5.68. The minimum atomic E-state index is -3.88. The van der Waals surface area contributed by atoms with Crippen molar-refractivity contribution >= 4 is 41.6 Å². The van der Waals surface area contributed by atoms with Gasteiger partial charge in [0, 0.05) is 27.3 Å². The Hall–Kier alpha value is -0.590. The van der Waals surface area contributed by atoms with E-state index in [0.717, 1.165) is 6.42 Å². The maximum atomic E-state index is 12.0. The van der Waals surface area contributed by atoms with Gasteiger partial charge in [0.2, 0.25) is 0 Å². The second kappa shape index (κ2) is 7.11. The number of rotatable bonds is 5. The maximum Gasteiger partial charge on any atom is 0.262 e. The van der Waals surface area contributed by atoms with E-state index in [0.29, 0.717) is 22.5 Å². The van der Waals surface area contributed by atoms with Crippen molar-refractivity contribution in [1.82, 2.24) is 5.32 Å². The number of benzene rings is 1. The average Bonchev–Trinajstić information content (AvgIpc) is 2.91. The van der Waals surface area contributed by atoms with Gasteiger partial charge in [-0.05, 0) is 46.5 Å². The van der Waals surface area contributed by atoms with Crippen molar-refractivity contribution < 1.29 is 13.2 Å². The molecular weight excluding hydrogens is 378 g/mol. The molecule has 7 heteroatoms. The van der Waals surface area contributed by atoms with E-state index in [-0.39, 0.29) is 10.8 Å². The Morgan fingerprint density at radius 2 is 2.00 bits per heavy atom. The molecule has 1 saturated carbocycles. The van der Waals surface area contributed by atoms with Crippen LogP contribution in [0.3, 0.4) is 0 Å². The van der Waals surface area contributed by atoms with Crippen molar-refractivity contribution in [3.8, 4) is 0 Å². The van der Waals surface area contributed by atoms with Gasteiger partial charge in [0.05, 0.1) is 4.90 Å². The molecule has 1 fully saturated rings. The number of carbonyl (C=O) groups is 1. The van der Waals surface area contributed by atoms with E-state index in [1.54, 1.807) is 6.07 Å². The van der Waals surface area contributed by atoms with Crippen molar-refractivity contribution in [2.24, 2.45) is 5.92 Å². The van der Waals surface area contributed by atoms with Gasteiger partial charge in [0.1, 0.15) is 0 Å². The number of hydrogen-bond acceptors (Lipinski definition) is 3. The van der Waals surface area contributed by atoms with Gasteiger partial charge in [-0.2, -0.15) is 0 Å². The molecule has 0 saturated heterocycles. The highest BCUT2D eigenvalue weighted by Crippen LogP contribution is 2.27. The Bertz CT molecular complexity index is 627. The van der Waals surface area contributed by atoms with Crippen LogP contribution in [0.1, 0.15) is 42.5 Å². The lowest BCUT2D eigenvalue weighted by atomic mass is 10.0. The first-order valence-electron chi connectivity index (χ1n) is 6.90. The normalized spacial score (nSPS) is 16.1. The molecule has 0 radical (unpaired) electrons. The first-order valence-corrected chi connectivity index (χ1v) is 10.0. The Morgan fingerprint density at radius 3 is 2.62 bits per heavy atom. The summed E-state index contributed by atoms with van der Waals surface area (Å²) >= 11 is 3.12. The molecule has 1 aliphatic carbocycles. The van der Waals surface area contributed by atoms with E-state index in [1.165, 1.54) is 37.8 Å². The molecule has 0 atom stereocenters. The second-order valence-electron chi connectivity index (χ2n) is 5.28. The third-order valence-electron chi connectivity index (χ3n) is 3.77. The van der Waals surface area contributed by atoms with E-state index in [4.69, 9.17) is 10.7 Å². The van der Waals surface area contributed by atoms with Crippen molar-refractivity contribution in [3.63, 3.8) is 0 Å². The van der Waals surface area contributed by atoms with Gasteiger partial charge < -0.3 is 5.32 Å². The standard InChI is InChI=1S/C14H17BrClNO3S/c15-12-6-5-11(9-13(12)21(16,19)20)14(18)17-8-7-10-3-1-2-4-10/h5-6,9-10H,1-4,7-8H2,(H,17,18). The van der Waals surface area contributed by atoms with E-state index in [9.17, 15) is 13.2 Å². The third-order valence-corrected chi connectivity index (χ3v) is 6.08. The monoisotopic (exact) mass is 393 g/mol. The third kappa shape index (κ3) is 4.69. The SMILES string of the molecule is O=C(NCCC1CCCC1)c1ccc(Br)c(S(=O)(=O)Cl)c1. The van der Waals surface area contributed by atoms with Crippen LogP contribution in [0.15, 0.2) is 27.6 Å². The molecule has 0 unspecified atom stereocenters. The fourth-order valence-corrected chi connectivity index (χ4v) is 4.74. The zero-order valence-electron chi connectivity index (χ0n) is 11.4. The maximum absolute atomic E-state index is 12.0. The summed E-state index contributed by atoms with van der Waals surface area (Å²) in [6.45, 7) is 0.614. The predicted molar refractivity (Wildman–Crippen MR) is 86.1 cm³/mol. The number of nitrogens with one attached hydrogen (secondary N) is 1. The zero-order valence-corrected chi connectivity index (χ0v) is 14.6. The highest BCUT2D eigenvalue weighted by atomic mass is 79.9. The minimum absolute atomic E-state index is 0.0902. The molecule has 4 nitrogen and oxygen atoms in total. The van der Waals surface area contributed by atoms with E-state index >= 15 is 0 Å². The van der Waals surface area contributed by atoms with Crippen LogP contribution < -0.4 is 5.32 Å². The van der Waals surface area contributed by atoms with E-state index < -0.39 is 9.05 Å². The van der Waals surface area contributed by atoms with Gasteiger partial charge in [0.15, 0.2) is 0 Å². The van der Waals surface area contributed by atoms with Crippen LogP contribution in [0.5, 0.6) is 0 Å². The number of hydrogen-bond donors (Lipinski definition) is 1. The Morgan fingerprint density at radius 1 is 1.33 bits per heavy atom. The van der Waals surface area contributed by atoms with Gasteiger partial charge in [-0.15, -0.1) is 0 Å². The minimum Gasteiger partial charge on any atom is -0.352 e. The molecule has 0 aromatic heterocycles. The lowest BCUT2D eigenvalue weighted by Gasteiger charge is -2.10. The first-order chi connectivity index (χ1) is 9.88. The fourth-order valence-electron chi connectivity index (χ4n) is 2.62. The summed E-state index contributed by atoms with van der Waals surface area (Å²) in [5, 5.41) is 2.83. The van der Waals surface area contributed by atoms with Crippen LogP contribution in [0.2, 0.25) is 0 Å². The summed E-state index contributed by atoms with van der Waals surface area (Å²) < 4.78 is 23.2. The van der Waals surface area contributed by atoms with Gasteiger partial charge in [0.25, 0.3) is 15.0 Å². The van der Waals surface area contributed by atoms with Gasteiger partial charge in [-0.25, -0.2) is 8.42 Å². The topological polar surface area (TPSA) is 63.2 Å². The zero-order chi connectivity index (χ0) is 15.5. The van der Waals surface area contributed by atoms with E-state index in [2.05, 4.69) is 21.2 Å². The van der Waals surface area contributed by atoms with Crippen LogP contribution in [-0.4, -0.2) is 20.9 Å². The highest BCUT2D eigenvalue weighted by Gasteiger charge is 2.18. The molecule has 2 rings (SSSR count). The molecule has 1 amide bonds. The summed E-state index contributed by atoms with van der Waals surface area (Å²) in [5.41, 5.74) is 0.295. The number of amides is 1. The van der Waals surface area contributed by atoms with Crippen molar-refractivity contribution in [2.75, 3.05) is 6.54 Å². The molecule has 0 heterocycles. The summed E-state index contributed by atoms with van der Waals surface area (Å²) in [6.07, 6.45) is 6.01. The van der Waals surface area contributed by atoms with Crippen molar-refractivity contribution in [1.29, 1.82) is 0 Å². The molecule has 0 spiro atoms. The largest absolute Gasteiger partial charge is 0.352 e. The Balaban J connectivity index is 1.99. The lowest BCUT2D eigenvalue weighted by molar-refractivity contribution is 0.0951. The smallest absolute Gasteiger partial charge is 0.262 e. The molecule has 1 aromatic rings. The second-order valence-corrected chi connectivity index (χ2v) is 8.67. The van der Waals surface area contributed by atoms with Crippen LogP contribution in [0, 0.1) is 5.92 Å². The lowest BCUT2D eigenvalue weighted by Crippen LogP contribution is -2.25. The van der Waals surface area contributed by atoms with Crippen LogP contribution in [0.25, 0.3) is 0 Å². The quantitative estimate of drug-likeness (QED) is 0.775. The highest BCUT2D eigenvalue weighted by molar-refractivity contribution is 9.10.